The van der Waals surface area contributed by atoms with Crippen LogP contribution >= 0.6 is 0 Å². The van der Waals surface area contributed by atoms with Crippen LogP contribution in [0.25, 0.3) is 0 Å². The Labute approximate surface area is 110 Å². The van der Waals surface area contributed by atoms with Crippen molar-refractivity contribution in [3.8, 4) is 0 Å². The minimum atomic E-state index is -4.10. The summed E-state index contributed by atoms with van der Waals surface area (Å²) in [7, 11) is -8.06. The van der Waals surface area contributed by atoms with E-state index in [-0.39, 0.29) is 5.56 Å². The number of hydrogen-bond donors (Lipinski definition) is 1. The first kappa shape index (κ1) is 15.5. The molecule has 106 valence electrons. The molecule has 1 rings (SSSR count). The first-order valence-corrected chi connectivity index (χ1v) is 8.38. The Morgan fingerprint density at radius 3 is 2.26 bits per heavy atom. The zero-order chi connectivity index (χ0) is 14.8. The Kier molecular flexibility index (Phi) is 4.28. The SMILES string of the molecule is Cc1cccc([N+](=O)[O-])c1S(=O)(=O)CCS(N)(=O)=O. The molecule has 0 saturated carbocycles. The van der Waals surface area contributed by atoms with Crippen LogP contribution in [-0.2, 0) is 19.9 Å². The maximum atomic E-state index is 12.0. The first-order valence-electron chi connectivity index (χ1n) is 5.02. The molecular weight excluding hydrogens is 296 g/mol. The molecule has 0 spiro atoms. The summed E-state index contributed by atoms with van der Waals surface area (Å²) >= 11 is 0. The highest BCUT2D eigenvalue weighted by Crippen LogP contribution is 2.27. The largest absolute Gasteiger partial charge is 0.288 e. The topological polar surface area (TPSA) is 137 Å². The lowest BCUT2D eigenvalue weighted by molar-refractivity contribution is -0.387. The summed E-state index contributed by atoms with van der Waals surface area (Å²) in [4.78, 5) is 9.53. The predicted octanol–water partition coefficient (Wildman–Crippen LogP) is -0.0346. The predicted molar refractivity (Wildman–Crippen MR) is 67.9 cm³/mol. The molecule has 0 bridgehead atoms. The van der Waals surface area contributed by atoms with E-state index in [0.717, 1.165) is 6.07 Å². The van der Waals surface area contributed by atoms with Gasteiger partial charge in [0.15, 0.2) is 9.84 Å². The minimum absolute atomic E-state index is 0.184. The number of nitro groups is 1. The smallest absolute Gasteiger partial charge is 0.258 e. The Bertz CT molecular complexity index is 708. The van der Waals surface area contributed by atoms with E-state index in [2.05, 4.69) is 0 Å². The molecule has 0 heterocycles. The zero-order valence-electron chi connectivity index (χ0n) is 9.94. The highest BCUT2D eigenvalue weighted by atomic mass is 32.2. The van der Waals surface area contributed by atoms with Crippen molar-refractivity contribution in [2.24, 2.45) is 5.14 Å². The van der Waals surface area contributed by atoms with Crippen LogP contribution in [0.2, 0.25) is 0 Å². The van der Waals surface area contributed by atoms with Crippen LogP contribution in [0.15, 0.2) is 23.1 Å². The van der Waals surface area contributed by atoms with Crippen LogP contribution in [0.4, 0.5) is 5.69 Å². The van der Waals surface area contributed by atoms with Crippen molar-refractivity contribution >= 4 is 25.5 Å². The molecule has 1 aromatic carbocycles. The number of aryl methyl sites for hydroxylation is 1. The summed E-state index contributed by atoms with van der Waals surface area (Å²) < 4.78 is 45.6. The Morgan fingerprint density at radius 2 is 1.79 bits per heavy atom. The van der Waals surface area contributed by atoms with Gasteiger partial charge in [-0.25, -0.2) is 22.0 Å². The Hall–Kier alpha value is -1.52. The number of nitrogens with zero attached hydrogens (tertiary/aromatic N) is 1. The Balaban J connectivity index is 3.33. The lowest BCUT2D eigenvalue weighted by Crippen LogP contribution is -2.24. The number of primary sulfonamides is 1. The third kappa shape index (κ3) is 3.98. The molecule has 2 N–H and O–H groups in total. The Morgan fingerprint density at radius 1 is 1.21 bits per heavy atom. The van der Waals surface area contributed by atoms with Crippen LogP contribution in [0, 0.1) is 17.0 Å². The first-order chi connectivity index (χ1) is 8.54. The molecule has 0 radical (unpaired) electrons. The number of benzene rings is 1. The summed E-state index contributed by atoms with van der Waals surface area (Å²) in [5, 5.41) is 15.6. The van der Waals surface area contributed by atoms with E-state index < -0.39 is 46.9 Å². The third-order valence-electron chi connectivity index (χ3n) is 2.34. The van der Waals surface area contributed by atoms with Gasteiger partial charge in [-0.05, 0) is 12.5 Å². The number of nitro benzene ring substituents is 1. The lowest BCUT2D eigenvalue weighted by atomic mass is 10.2. The summed E-state index contributed by atoms with van der Waals surface area (Å²) in [5.41, 5.74) is -0.391. The van der Waals surface area contributed by atoms with E-state index in [0.29, 0.717) is 0 Å². The van der Waals surface area contributed by atoms with Gasteiger partial charge in [-0.15, -0.1) is 0 Å². The number of hydrogen-bond acceptors (Lipinski definition) is 6. The van der Waals surface area contributed by atoms with Crippen LogP contribution in [0.1, 0.15) is 5.56 Å². The zero-order valence-corrected chi connectivity index (χ0v) is 11.6. The van der Waals surface area contributed by atoms with Gasteiger partial charge in [0.2, 0.25) is 10.0 Å². The molecule has 0 atom stereocenters. The molecule has 19 heavy (non-hydrogen) atoms. The van der Waals surface area contributed by atoms with Gasteiger partial charge in [0, 0.05) is 6.07 Å². The number of sulfone groups is 1. The summed E-state index contributed by atoms with van der Waals surface area (Å²) in [5.74, 6) is -1.58. The van der Waals surface area contributed by atoms with Gasteiger partial charge < -0.3 is 0 Å². The van der Waals surface area contributed by atoms with E-state index in [1.165, 1.54) is 19.1 Å². The van der Waals surface area contributed by atoms with Crippen LogP contribution in [0.5, 0.6) is 0 Å². The molecule has 0 aliphatic heterocycles. The average molecular weight is 308 g/mol. The summed E-state index contributed by atoms with van der Waals surface area (Å²) in [6.45, 7) is 1.40. The molecule has 0 aliphatic carbocycles. The second-order valence-electron chi connectivity index (χ2n) is 3.87. The average Bonchev–Trinajstić information content (AvgIpc) is 2.25. The number of nitrogens with two attached hydrogens (primary N) is 1. The fourth-order valence-corrected chi connectivity index (χ4v) is 4.54. The van der Waals surface area contributed by atoms with Crippen LogP contribution < -0.4 is 5.14 Å². The lowest BCUT2D eigenvalue weighted by Gasteiger charge is -2.07. The van der Waals surface area contributed by atoms with E-state index in [9.17, 15) is 26.9 Å². The van der Waals surface area contributed by atoms with E-state index in [1.807, 2.05) is 0 Å². The quantitative estimate of drug-likeness (QED) is 0.598. The van der Waals surface area contributed by atoms with Gasteiger partial charge in [0.1, 0.15) is 4.90 Å². The maximum Gasteiger partial charge on any atom is 0.288 e. The van der Waals surface area contributed by atoms with E-state index in [1.54, 1.807) is 0 Å². The van der Waals surface area contributed by atoms with Gasteiger partial charge in [0.25, 0.3) is 5.69 Å². The van der Waals surface area contributed by atoms with Crippen molar-refractivity contribution in [2.75, 3.05) is 11.5 Å². The molecule has 0 amide bonds. The fraction of sp³-hybridized carbons (Fsp3) is 0.333. The van der Waals surface area contributed by atoms with Crippen molar-refractivity contribution in [1.82, 2.24) is 0 Å². The summed E-state index contributed by atoms with van der Waals surface area (Å²) in [6, 6.07) is 3.81. The summed E-state index contributed by atoms with van der Waals surface area (Å²) in [6.07, 6.45) is 0. The number of sulfonamides is 1. The van der Waals surface area contributed by atoms with Crippen molar-refractivity contribution in [3.63, 3.8) is 0 Å². The van der Waals surface area contributed by atoms with Crippen molar-refractivity contribution < 1.29 is 21.8 Å². The third-order valence-corrected chi connectivity index (χ3v) is 5.26. The molecule has 10 heteroatoms. The molecule has 0 aliphatic rings. The van der Waals surface area contributed by atoms with Gasteiger partial charge in [-0.1, -0.05) is 12.1 Å². The van der Waals surface area contributed by atoms with Crippen molar-refractivity contribution in [3.05, 3.63) is 33.9 Å². The molecular formula is C9H12N2O6S2. The number of rotatable bonds is 5. The second kappa shape index (κ2) is 5.23. The van der Waals surface area contributed by atoms with Gasteiger partial charge in [-0.2, -0.15) is 0 Å². The maximum absolute atomic E-state index is 12.0. The standard InChI is InChI=1S/C9H12N2O6S2/c1-7-3-2-4-8(11(12)13)9(7)18(14,15)5-6-19(10,16)17/h2-4H,5-6H2,1H3,(H2,10,16,17). The van der Waals surface area contributed by atoms with E-state index >= 15 is 0 Å². The normalized spacial score (nSPS) is 12.3. The molecule has 0 aromatic heterocycles. The van der Waals surface area contributed by atoms with Crippen LogP contribution in [0.3, 0.4) is 0 Å². The highest BCUT2D eigenvalue weighted by molar-refractivity contribution is 7.94. The fourth-order valence-electron chi connectivity index (χ4n) is 1.51. The molecule has 0 unspecified atom stereocenters. The highest BCUT2D eigenvalue weighted by Gasteiger charge is 2.28. The monoisotopic (exact) mass is 308 g/mol. The molecule has 1 aromatic rings. The van der Waals surface area contributed by atoms with Crippen molar-refractivity contribution in [2.45, 2.75) is 11.8 Å². The van der Waals surface area contributed by atoms with Crippen LogP contribution in [-0.4, -0.2) is 33.3 Å². The molecule has 8 nitrogen and oxygen atoms in total. The molecule has 0 saturated heterocycles. The van der Waals surface area contributed by atoms with Crippen molar-refractivity contribution in [1.29, 1.82) is 0 Å². The minimum Gasteiger partial charge on any atom is -0.258 e. The van der Waals surface area contributed by atoms with E-state index in [4.69, 9.17) is 5.14 Å². The van der Waals surface area contributed by atoms with Gasteiger partial charge in [-0.3, -0.25) is 10.1 Å². The molecule has 0 fully saturated rings. The second-order valence-corrected chi connectivity index (χ2v) is 7.65. The van der Waals surface area contributed by atoms with Gasteiger partial charge in [0.05, 0.1) is 16.4 Å². The van der Waals surface area contributed by atoms with Gasteiger partial charge >= 0.3 is 0 Å².